The van der Waals surface area contributed by atoms with Crippen molar-refractivity contribution in [2.24, 2.45) is 12.0 Å². The monoisotopic (exact) mass is 347 g/mol. The van der Waals surface area contributed by atoms with Gasteiger partial charge in [0.1, 0.15) is 11.7 Å². The minimum atomic E-state index is -3.55. The molecule has 2 aromatic rings. The Kier molecular flexibility index (Phi) is 4.10. The van der Waals surface area contributed by atoms with Gasteiger partial charge in [-0.2, -0.15) is 5.10 Å². The summed E-state index contributed by atoms with van der Waals surface area (Å²) in [7, 11) is -1.81. The Bertz CT molecular complexity index is 930. The van der Waals surface area contributed by atoms with E-state index >= 15 is 0 Å². The van der Waals surface area contributed by atoms with Crippen LogP contribution in [-0.2, 0) is 21.9 Å². The minimum absolute atomic E-state index is 0.137. The van der Waals surface area contributed by atoms with Gasteiger partial charge in [0.2, 0.25) is 5.91 Å². The molecule has 2 N–H and O–H groups in total. The number of carbonyl (C=O) groups excluding carboxylic acids is 1. The van der Waals surface area contributed by atoms with Crippen LogP contribution < -0.4 is 10.0 Å². The molecule has 8 nitrogen and oxygen atoms in total. The van der Waals surface area contributed by atoms with Crippen molar-refractivity contribution in [2.45, 2.75) is 18.2 Å². The number of nitrogens with zero attached hydrogens (tertiary/aromatic N) is 3. The normalized spacial score (nSPS) is 16.7. The second-order valence-electron chi connectivity index (χ2n) is 5.42. The number of sulfonamides is 1. The maximum atomic E-state index is 12.0. The average Bonchev–Trinajstić information content (AvgIpc) is 2.96. The van der Waals surface area contributed by atoms with E-state index in [-0.39, 0.29) is 29.6 Å². The van der Waals surface area contributed by atoms with Gasteiger partial charge in [0, 0.05) is 25.1 Å². The molecule has 0 unspecified atom stereocenters. The Labute approximate surface area is 139 Å². The smallest absolute Gasteiger partial charge is 0.263 e. The summed E-state index contributed by atoms with van der Waals surface area (Å²) in [5, 5.41) is 6.89. The maximum absolute atomic E-state index is 12.0. The van der Waals surface area contributed by atoms with Crippen molar-refractivity contribution in [3.63, 3.8) is 0 Å². The number of anilines is 1. The van der Waals surface area contributed by atoms with Crippen molar-refractivity contribution in [3.8, 4) is 0 Å². The summed E-state index contributed by atoms with van der Waals surface area (Å²) in [6, 6.07) is 8.38. The molecular formula is C15H17N5O3S. The van der Waals surface area contributed by atoms with Crippen LogP contribution in [0.15, 0.2) is 40.2 Å². The third-order valence-corrected chi connectivity index (χ3v) is 4.94. The van der Waals surface area contributed by atoms with Gasteiger partial charge in [-0.05, 0) is 19.1 Å². The van der Waals surface area contributed by atoms with E-state index in [0.717, 1.165) is 5.69 Å². The van der Waals surface area contributed by atoms with Crippen molar-refractivity contribution >= 4 is 27.6 Å². The van der Waals surface area contributed by atoms with Gasteiger partial charge in [0.05, 0.1) is 17.1 Å². The van der Waals surface area contributed by atoms with Gasteiger partial charge < -0.3 is 5.32 Å². The molecule has 1 aromatic heterocycles. The summed E-state index contributed by atoms with van der Waals surface area (Å²) in [5.74, 6) is 0.670. The molecule has 126 valence electrons. The molecule has 0 atom stereocenters. The number of hydrogen-bond acceptors (Lipinski definition) is 5. The maximum Gasteiger partial charge on any atom is 0.263 e. The van der Waals surface area contributed by atoms with Crippen LogP contribution in [0.25, 0.3) is 0 Å². The second-order valence-corrected chi connectivity index (χ2v) is 7.08. The van der Waals surface area contributed by atoms with E-state index in [4.69, 9.17) is 0 Å². The van der Waals surface area contributed by atoms with E-state index in [1.807, 2.05) is 6.92 Å². The first-order valence-electron chi connectivity index (χ1n) is 7.34. The molecule has 24 heavy (non-hydrogen) atoms. The quantitative estimate of drug-likeness (QED) is 0.853. The predicted molar refractivity (Wildman–Crippen MR) is 89.4 cm³/mol. The first kappa shape index (κ1) is 16.2. The number of aromatic nitrogens is 2. The highest BCUT2D eigenvalue weighted by Gasteiger charge is 2.29. The number of aliphatic imine (C=N–C) groups is 1. The van der Waals surface area contributed by atoms with Crippen LogP contribution in [0, 0.1) is 6.92 Å². The molecule has 0 bridgehead atoms. The van der Waals surface area contributed by atoms with E-state index in [9.17, 15) is 13.2 Å². The van der Waals surface area contributed by atoms with E-state index in [1.165, 1.54) is 6.07 Å². The summed E-state index contributed by atoms with van der Waals surface area (Å²) >= 11 is 0. The summed E-state index contributed by atoms with van der Waals surface area (Å²) in [4.78, 5) is 16.4. The second kappa shape index (κ2) is 6.08. The number of carbonyl (C=O) groups is 1. The van der Waals surface area contributed by atoms with Crippen LogP contribution in [0.5, 0.6) is 0 Å². The molecule has 1 aliphatic rings. The van der Waals surface area contributed by atoms with Crippen LogP contribution in [0.3, 0.4) is 0 Å². The molecule has 1 amide bonds. The van der Waals surface area contributed by atoms with Gasteiger partial charge in [-0.15, -0.1) is 0 Å². The molecular weight excluding hydrogens is 330 g/mol. The summed E-state index contributed by atoms with van der Waals surface area (Å²) < 4.78 is 27.9. The van der Waals surface area contributed by atoms with Gasteiger partial charge in [-0.25, -0.2) is 8.42 Å². The number of amidine groups is 1. The molecule has 2 heterocycles. The fraction of sp³-hybridized carbons (Fsp3) is 0.267. The number of benzene rings is 1. The fourth-order valence-corrected chi connectivity index (χ4v) is 3.70. The topological polar surface area (TPSA) is 105 Å². The summed E-state index contributed by atoms with van der Waals surface area (Å²) in [6.45, 7) is 2.01. The molecule has 0 aliphatic carbocycles. The first-order valence-corrected chi connectivity index (χ1v) is 8.82. The standard InChI is InChI=1S/C15H17N5O3S/c1-10-9-13(20(2)18-10)17-14(21)7-8-16-15-11-5-3-4-6-12(11)24(22,23)19-15/h3-6,9H,7-8H2,1-2H3,(H,16,19)(H,17,21). The predicted octanol–water partition coefficient (Wildman–Crippen LogP) is 0.796. The Balaban J connectivity index is 1.65. The Morgan fingerprint density at radius 2 is 2.12 bits per heavy atom. The SMILES string of the molecule is Cc1cc(NC(=O)CCN=C2NS(=O)(=O)c3ccccc32)n(C)n1. The zero-order valence-corrected chi connectivity index (χ0v) is 14.1. The lowest BCUT2D eigenvalue weighted by atomic mass is 10.2. The van der Waals surface area contributed by atoms with Crippen LogP contribution >= 0.6 is 0 Å². The third kappa shape index (κ3) is 3.16. The lowest BCUT2D eigenvalue weighted by Crippen LogP contribution is -2.23. The molecule has 1 aromatic carbocycles. The highest BCUT2D eigenvalue weighted by molar-refractivity contribution is 7.90. The van der Waals surface area contributed by atoms with Crippen molar-refractivity contribution < 1.29 is 13.2 Å². The number of aryl methyl sites for hydroxylation is 2. The van der Waals surface area contributed by atoms with Crippen LogP contribution in [0.1, 0.15) is 17.7 Å². The minimum Gasteiger partial charge on any atom is -0.311 e. The average molecular weight is 347 g/mol. The summed E-state index contributed by atoms with van der Waals surface area (Å²) in [6.07, 6.45) is 0.137. The highest BCUT2D eigenvalue weighted by Crippen LogP contribution is 2.22. The molecule has 0 fully saturated rings. The molecule has 0 radical (unpaired) electrons. The highest BCUT2D eigenvalue weighted by atomic mass is 32.2. The number of fused-ring (bicyclic) bond motifs is 1. The zero-order chi connectivity index (χ0) is 17.3. The van der Waals surface area contributed by atoms with E-state index in [1.54, 1.807) is 36.0 Å². The molecule has 0 saturated heterocycles. The molecule has 0 spiro atoms. The lowest BCUT2D eigenvalue weighted by molar-refractivity contribution is -0.116. The van der Waals surface area contributed by atoms with Crippen LogP contribution in [0.2, 0.25) is 0 Å². The summed E-state index contributed by atoms with van der Waals surface area (Å²) in [5.41, 5.74) is 1.34. The molecule has 1 aliphatic heterocycles. The van der Waals surface area contributed by atoms with E-state index in [0.29, 0.717) is 11.4 Å². The van der Waals surface area contributed by atoms with Gasteiger partial charge in [0.15, 0.2) is 0 Å². The number of amides is 1. The van der Waals surface area contributed by atoms with E-state index in [2.05, 4.69) is 20.1 Å². The fourth-order valence-electron chi connectivity index (χ4n) is 2.45. The van der Waals surface area contributed by atoms with Crippen molar-refractivity contribution in [2.75, 3.05) is 11.9 Å². The third-order valence-electron chi connectivity index (χ3n) is 3.54. The Morgan fingerprint density at radius 1 is 1.38 bits per heavy atom. The van der Waals surface area contributed by atoms with Crippen LogP contribution in [-0.4, -0.2) is 36.5 Å². The number of rotatable bonds is 4. The molecule has 0 saturated carbocycles. The van der Waals surface area contributed by atoms with Crippen molar-refractivity contribution in [3.05, 3.63) is 41.6 Å². The van der Waals surface area contributed by atoms with Gasteiger partial charge in [-0.3, -0.25) is 19.2 Å². The largest absolute Gasteiger partial charge is 0.311 e. The van der Waals surface area contributed by atoms with Gasteiger partial charge in [-0.1, -0.05) is 12.1 Å². The lowest BCUT2D eigenvalue weighted by Gasteiger charge is -2.04. The van der Waals surface area contributed by atoms with E-state index < -0.39 is 10.0 Å². The zero-order valence-electron chi connectivity index (χ0n) is 13.3. The first-order chi connectivity index (χ1) is 11.4. The van der Waals surface area contributed by atoms with Gasteiger partial charge in [0.25, 0.3) is 10.0 Å². The number of hydrogen-bond donors (Lipinski definition) is 2. The molecule has 3 rings (SSSR count). The van der Waals surface area contributed by atoms with Crippen LogP contribution in [0.4, 0.5) is 5.82 Å². The Morgan fingerprint density at radius 3 is 2.83 bits per heavy atom. The molecule has 9 heteroatoms. The Hall–Kier alpha value is -2.68. The number of nitrogens with one attached hydrogen (secondary N) is 2. The van der Waals surface area contributed by atoms with Crippen molar-refractivity contribution in [1.29, 1.82) is 0 Å². The van der Waals surface area contributed by atoms with Gasteiger partial charge >= 0.3 is 0 Å². The van der Waals surface area contributed by atoms with Crippen molar-refractivity contribution in [1.82, 2.24) is 14.5 Å².